The molecule has 1 saturated heterocycles. The summed E-state index contributed by atoms with van der Waals surface area (Å²) in [5, 5.41) is 0. The van der Waals surface area contributed by atoms with Crippen LogP contribution in [0.1, 0.15) is 16.1 Å². The van der Waals surface area contributed by atoms with Crippen LogP contribution < -0.4 is 4.74 Å². The Morgan fingerprint density at radius 1 is 1.32 bits per heavy atom. The third kappa shape index (κ3) is 3.89. The molecule has 0 N–H and O–H groups in total. The summed E-state index contributed by atoms with van der Waals surface area (Å²) < 4.78 is 10.7. The lowest BCUT2D eigenvalue weighted by Crippen LogP contribution is -2.27. The van der Waals surface area contributed by atoms with Gasteiger partial charge in [0.2, 0.25) is 5.76 Å². The van der Waals surface area contributed by atoms with Crippen molar-refractivity contribution >= 4 is 46.3 Å². The smallest absolute Gasteiger partial charge is 0.379 e. The number of hydrogen-bond acceptors (Lipinski definition) is 6. The van der Waals surface area contributed by atoms with Crippen molar-refractivity contribution in [3.05, 3.63) is 71.5 Å². The molecule has 126 valence electrons. The summed E-state index contributed by atoms with van der Waals surface area (Å²) in [5.74, 6) is -0.181. The number of hydrogen-bond donors (Lipinski definition) is 0. The fourth-order valence-corrected chi connectivity index (χ4v) is 3.40. The van der Waals surface area contributed by atoms with E-state index in [9.17, 15) is 9.59 Å². The van der Waals surface area contributed by atoms with E-state index in [1.165, 1.54) is 29.0 Å². The maximum atomic E-state index is 12.3. The monoisotopic (exact) mass is 371 g/mol. The number of amides is 1. The lowest BCUT2D eigenvalue weighted by Gasteiger charge is -2.10. The third-order valence-electron chi connectivity index (χ3n) is 3.30. The zero-order chi connectivity index (χ0) is 17.8. The first-order valence-electron chi connectivity index (χ1n) is 7.30. The van der Waals surface area contributed by atoms with E-state index in [4.69, 9.17) is 21.4 Å². The van der Waals surface area contributed by atoms with Crippen LogP contribution in [-0.2, 0) is 4.79 Å². The minimum Gasteiger partial charge on any atom is -0.457 e. The minimum atomic E-state index is -0.567. The molecule has 1 aliphatic heterocycles. The quantitative estimate of drug-likeness (QED) is 0.261. The number of rotatable bonds is 5. The summed E-state index contributed by atoms with van der Waals surface area (Å²) in [7, 11) is 0. The highest BCUT2D eigenvalue weighted by atomic mass is 32.2. The molecule has 2 aromatic rings. The minimum absolute atomic E-state index is 0.134. The first-order chi connectivity index (χ1) is 12.1. The Kier molecular flexibility index (Phi) is 5.16. The van der Waals surface area contributed by atoms with Crippen LogP contribution in [0.2, 0.25) is 0 Å². The summed E-state index contributed by atoms with van der Waals surface area (Å²) in [4.78, 5) is 26.1. The van der Waals surface area contributed by atoms with E-state index < -0.39 is 5.97 Å². The molecule has 0 bridgehead atoms. The van der Waals surface area contributed by atoms with E-state index in [1.807, 2.05) is 0 Å². The Balaban J connectivity index is 1.70. The molecule has 0 aliphatic carbocycles. The standard InChI is InChI=1S/C18H13NO4S2/c1-2-9-19-16(20)15(25-18(19)24)11-12-5-7-13(8-6-12)23-17(21)14-4-3-10-22-14/h2-8,10-11H,1,9H2/b15-11+. The molecular weight excluding hydrogens is 358 g/mol. The molecule has 1 amide bonds. The van der Waals surface area contributed by atoms with Crippen molar-refractivity contribution < 1.29 is 18.7 Å². The van der Waals surface area contributed by atoms with Gasteiger partial charge in [0.25, 0.3) is 5.91 Å². The maximum absolute atomic E-state index is 12.3. The summed E-state index contributed by atoms with van der Waals surface area (Å²) in [5.41, 5.74) is 0.803. The van der Waals surface area contributed by atoms with Crippen molar-refractivity contribution in [2.45, 2.75) is 0 Å². The van der Waals surface area contributed by atoms with Crippen LogP contribution in [0, 0.1) is 0 Å². The van der Waals surface area contributed by atoms with Gasteiger partial charge in [0.05, 0.1) is 11.2 Å². The Hall–Kier alpha value is -2.64. The molecule has 1 fully saturated rings. The Labute approximate surface area is 153 Å². The molecule has 0 atom stereocenters. The summed E-state index contributed by atoms with van der Waals surface area (Å²) >= 11 is 6.45. The molecule has 1 aliphatic rings. The van der Waals surface area contributed by atoms with Gasteiger partial charge in [0.1, 0.15) is 10.1 Å². The average Bonchev–Trinajstić information content (AvgIpc) is 3.22. The summed E-state index contributed by atoms with van der Waals surface area (Å²) in [6.45, 7) is 4.02. The highest BCUT2D eigenvalue weighted by Gasteiger charge is 2.30. The van der Waals surface area contributed by atoms with Gasteiger partial charge in [-0.15, -0.1) is 6.58 Å². The van der Waals surface area contributed by atoms with Crippen LogP contribution in [0.15, 0.2) is 64.6 Å². The lowest BCUT2D eigenvalue weighted by atomic mass is 10.2. The molecule has 2 heterocycles. The van der Waals surface area contributed by atoms with E-state index in [2.05, 4.69) is 6.58 Å². The van der Waals surface area contributed by atoms with Crippen molar-refractivity contribution in [1.29, 1.82) is 0 Å². The van der Waals surface area contributed by atoms with Crippen LogP contribution in [0.5, 0.6) is 5.75 Å². The van der Waals surface area contributed by atoms with Gasteiger partial charge < -0.3 is 9.15 Å². The largest absolute Gasteiger partial charge is 0.457 e. The van der Waals surface area contributed by atoms with Gasteiger partial charge in [0.15, 0.2) is 0 Å². The summed E-state index contributed by atoms with van der Waals surface area (Å²) in [6, 6.07) is 9.95. The fraction of sp³-hybridized carbons (Fsp3) is 0.0556. The molecule has 1 aromatic carbocycles. The van der Waals surface area contributed by atoms with Crippen LogP contribution in [0.3, 0.4) is 0 Å². The Morgan fingerprint density at radius 2 is 2.08 bits per heavy atom. The number of carbonyl (C=O) groups excluding carboxylic acids is 2. The number of thiocarbonyl (C=S) groups is 1. The second-order valence-electron chi connectivity index (χ2n) is 5.02. The zero-order valence-corrected chi connectivity index (χ0v) is 14.6. The number of furan rings is 1. The predicted molar refractivity (Wildman–Crippen MR) is 100 cm³/mol. The normalized spacial score (nSPS) is 15.7. The van der Waals surface area contributed by atoms with Crippen molar-refractivity contribution in [1.82, 2.24) is 4.90 Å². The lowest BCUT2D eigenvalue weighted by molar-refractivity contribution is -0.121. The second kappa shape index (κ2) is 7.50. The van der Waals surface area contributed by atoms with Gasteiger partial charge in [-0.1, -0.05) is 42.2 Å². The highest BCUT2D eigenvalue weighted by molar-refractivity contribution is 8.26. The molecule has 5 nitrogen and oxygen atoms in total. The van der Waals surface area contributed by atoms with E-state index >= 15 is 0 Å². The van der Waals surface area contributed by atoms with E-state index in [0.717, 1.165) is 5.56 Å². The fourth-order valence-electron chi connectivity index (χ4n) is 2.12. The average molecular weight is 371 g/mol. The number of ether oxygens (including phenoxy) is 1. The topological polar surface area (TPSA) is 59.8 Å². The first-order valence-corrected chi connectivity index (χ1v) is 8.53. The molecule has 0 saturated carbocycles. The van der Waals surface area contributed by atoms with Crippen LogP contribution in [-0.4, -0.2) is 27.6 Å². The number of esters is 1. The van der Waals surface area contributed by atoms with E-state index in [0.29, 0.717) is 21.5 Å². The van der Waals surface area contributed by atoms with E-state index in [1.54, 1.807) is 42.5 Å². The molecule has 0 spiro atoms. The Morgan fingerprint density at radius 3 is 2.72 bits per heavy atom. The summed E-state index contributed by atoms with van der Waals surface area (Å²) in [6.07, 6.45) is 4.79. The predicted octanol–water partition coefficient (Wildman–Crippen LogP) is 3.89. The van der Waals surface area contributed by atoms with Crippen LogP contribution >= 0.6 is 24.0 Å². The molecule has 7 heteroatoms. The molecule has 0 unspecified atom stereocenters. The van der Waals surface area contributed by atoms with Gasteiger partial charge >= 0.3 is 5.97 Å². The molecular formula is C18H13NO4S2. The maximum Gasteiger partial charge on any atom is 0.379 e. The van der Waals surface area contributed by atoms with Crippen molar-refractivity contribution in [3.63, 3.8) is 0 Å². The number of thioether (sulfide) groups is 1. The number of carbonyl (C=O) groups is 2. The molecule has 25 heavy (non-hydrogen) atoms. The Bertz CT molecular complexity index is 854. The van der Waals surface area contributed by atoms with Gasteiger partial charge in [-0.3, -0.25) is 9.69 Å². The van der Waals surface area contributed by atoms with Crippen LogP contribution in [0.25, 0.3) is 6.08 Å². The van der Waals surface area contributed by atoms with Crippen molar-refractivity contribution in [3.8, 4) is 5.75 Å². The number of nitrogens with zero attached hydrogens (tertiary/aromatic N) is 1. The third-order valence-corrected chi connectivity index (χ3v) is 4.67. The van der Waals surface area contributed by atoms with Gasteiger partial charge in [0, 0.05) is 6.54 Å². The van der Waals surface area contributed by atoms with Crippen molar-refractivity contribution in [2.24, 2.45) is 0 Å². The SMILES string of the molecule is C=CCN1C(=O)/C(=C\c2ccc(OC(=O)c3ccco3)cc2)SC1=S. The molecule has 3 rings (SSSR count). The van der Waals surface area contributed by atoms with E-state index in [-0.39, 0.29) is 11.7 Å². The highest BCUT2D eigenvalue weighted by Crippen LogP contribution is 2.32. The van der Waals surface area contributed by atoms with Gasteiger partial charge in [-0.05, 0) is 35.9 Å². The molecule has 0 radical (unpaired) electrons. The van der Waals surface area contributed by atoms with Crippen LogP contribution in [0.4, 0.5) is 0 Å². The number of benzene rings is 1. The zero-order valence-electron chi connectivity index (χ0n) is 13.0. The second-order valence-corrected chi connectivity index (χ2v) is 6.69. The van der Waals surface area contributed by atoms with Gasteiger partial charge in [-0.25, -0.2) is 4.79 Å². The molecule has 1 aromatic heterocycles. The van der Waals surface area contributed by atoms with Gasteiger partial charge in [-0.2, -0.15) is 0 Å². The first kappa shape index (κ1) is 17.2. The van der Waals surface area contributed by atoms with Crippen molar-refractivity contribution in [2.75, 3.05) is 6.54 Å².